The summed E-state index contributed by atoms with van der Waals surface area (Å²) in [7, 11) is -2.23. The summed E-state index contributed by atoms with van der Waals surface area (Å²) in [5.74, 6) is 0.663. The Kier molecular flexibility index (Phi) is 3.78. The molecule has 1 heterocycles. The molecule has 0 radical (unpaired) electrons. The van der Waals surface area contributed by atoms with Crippen LogP contribution in [-0.4, -0.2) is 30.6 Å². The zero-order valence-corrected chi connectivity index (χ0v) is 12.0. The first kappa shape index (κ1) is 13.8. The van der Waals surface area contributed by atoms with Gasteiger partial charge in [0.25, 0.3) is 0 Å². The van der Waals surface area contributed by atoms with E-state index in [9.17, 15) is 8.42 Å². The zero-order valence-electron chi connectivity index (χ0n) is 10.3. The maximum atomic E-state index is 11.9. The molecule has 4 N–H and O–H groups in total. The molecule has 0 atom stereocenters. The van der Waals surface area contributed by atoms with Crippen molar-refractivity contribution in [3.63, 3.8) is 0 Å². The van der Waals surface area contributed by atoms with E-state index in [2.05, 4.69) is 19.9 Å². The van der Waals surface area contributed by atoms with Gasteiger partial charge in [-0.1, -0.05) is 0 Å². The normalized spacial score (nSPS) is 11.7. The first-order valence-electron chi connectivity index (χ1n) is 5.32. The van der Waals surface area contributed by atoms with E-state index in [1.54, 1.807) is 19.1 Å². The number of H-pyrrole nitrogens is 1. The number of nitrogen functional groups attached to an aromatic ring is 1. The lowest BCUT2D eigenvalue weighted by Crippen LogP contribution is -2.19. The van der Waals surface area contributed by atoms with Crippen LogP contribution in [0.3, 0.4) is 0 Å². The summed E-state index contributed by atoms with van der Waals surface area (Å²) < 4.78 is 26.2. The van der Waals surface area contributed by atoms with Crippen LogP contribution in [0.4, 0.5) is 5.69 Å². The minimum absolute atomic E-state index is 0.113. The molecule has 0 spiro atoms. The molecule has 2 aromatic rings. The SMILES string of the molecule is CNS(=O)(=O)c1cc(N)ccc1Sc1n[nH]c(C)n1. The molecule has 0 saturated carbocycles. The largest absolute Gasteiger partial charge is 0.399 e. The maximum Gasteiger partial charge on any atom is 0.241 e. The predicted molar refractivity (Wildman–Crippen MR) is 72.3 cm³/mol. The average molecular weight is 299 g/mol. The van der Waals surface area contributed by atoms with Crippen molar-refractivity contribution in [3.8, 4) is 0 Å². The number of aryl methyl sites for hydroxylation is 1. The van der Waals surface area contributed by atoms with Crippen molar-refractivity contribution in [2.45, 2.75) is 21.9 Å². The molecule has 9 heteroatoms. The molecule has 7 nitrogen and oxygen atoms in total. The van der Waals surface area contributed by atoms with Crippen molar-refractivity contribution in [3.05, 3.63) is 24.0 Å². The number of sulfonamides is 1. The van der Waals surface area contributed by atoms with Gasteiger partial charge in [-0.15, -0.1) is 5.10 Å². The summed E-state index contributed by atoms with van der Waals surface area (Å²) in [4.78, 5) is 4.76. The molecule has 0 aliphatic carbocycles. The van der Waals surface area contributed by atoms with Gasteiger partial charge in [0.1, 0.15) is 5.82 Å². The van der Waals surface area contributed by atoms with E-state index < -0.39 is 10.0 Å². The van der Waals surface area contributed by atoms with Gasteiger partial charge in [0.05, 0.1) is 4.90 Å². The molecule has 0 fully saturated rings. The fraction of sp³-hybridized carbons (Fsp3) is 0.200. The number of nitrogens with one attached hydrogen (secondary N) is 2. The molecule has 1 aromatic heterocycles. The molecule has 0 unspecified atom stereocenters. The monoisotopic (exact) mass is 299 g/mol. The Labute approximate surface area is 115 Å². The summed E-state index contributed by atoms with van der Waals surface area (Å²) in [5.41, 5.74) is 6.02. The summed E-state index contributed by atoms with van der Waals surface area (Å²) in [6, 6.07) is 4.68. The Morgan fingerprint density at radius 3 is 2.74 bits per heavy atom. The molecule has 0 saturated heterocycles. The second kappa shape index (κ2) is 5.19. The summed E-state index contributed by atoms with van der Waals surface area (Å²) in [6.07, 6.45) is 0. The Morgan fingerprint density at radius 2 is 2.16 bits per heavy atom. The van der Waals surface area contributed by atoms with Gasteiger partial charge in [-0.25, -0.2) is 18.1 Å². The van der Waals surface area contributed by atoms with E-state index >= 15 is 0 Å². The predicted octanol–water partition coefficient (Wildman–Crippen LogP) is 0.755. The van der Waals surface area contributed by atoms with E-state index in [-0.39, 0.29) is 4.90 Å². The summed E-state index contributed by atoms with van der Waals surface area (Å²) >= 11 is 1.16. The van der Waals surface area contributed by atoms with Crippen molar-refractivity contribution in [1.82, 2.24) is 19.9 Å². The zero-order chi connectivity index (χ0) is 14.0. The molecule has 19 heavy (non-hydrogen) atoms. The lowest BCUT2D eigenvalue weighted by molar-refractivity contribution is 0.586. The third kappa shape index (κ3) is 3.06. The third-order valence-corrected chi connectivity index (χ3v) is 4.83. The van der Waals surface area contributed by atoms with Crippen molar-refractivity contribution < 1.29 is 8.42 Å². The van der Waals surface area contributed by atoms with Crippen molar-refractivity contribution in [2.75, 3.05) is 12.8 Å². The quantitative estimate of drug-likeness (QED) is 0.718. The Balaban J connectivity index is 2.46. The lowest BCUT2D eigenvalue weighted by Gasteiger charge is -2.08. The average Bonchev–Trinajstić information content (AvgIpc) is 2.77. The fourth-order valence-electron chi connectivity index (χ4n) is 1.40. The Morgan fingerprint density at radius 1 is 1.42 bits per heavy atom. The van der Waals surface area contributed by atoms with Crippen molar-refractivity contribution in [2.24, 2.45) is 0 Å². The van der Waals surface area contributed by atoms with Gasteiger partial charge >= 0.3 is 0 Å². The summed E-state index contributed by atoms with van der Waals surface area (Å²) in [6.45, 7) is 1.77. The fourth-order valence-corrected chi connectivity index (χ4v) is 3.46. The highest BCUT2D eigenvalue weighted by Crippen LogP contribution is 2.31. The molecule has 2 rings (SSSR count). The van der Waals surface area contributed by atoms with Gasteiger partial charge in [0, 0.05) is 10.6 Å². The van der Waals surface area contributed by atoms with Crippen LogP contribution in [-0.2, 0) is 10.0 Å². The summed E-state index contributed by atoms with van der Waals surface area (Å²) in [5, 5.41) is 7.12. The topological polar surface area (TPSA) is 114 Å². The van der Waals surface area contributed by atoms with Crippen LogP contribution >= 0.6 is 11.8 Å². The van der Waals surface area contributed by atoms with Gasteiger partial charge < -0.3 is 5.73 Å². The van der Waals surface area contributed by atoms with Gasteiger partial charge in [0.15, 0.2) is 0 Å². The van der Waals surface area contributed by atoms with Crippen LogP contribution in [0.2, 0.25) is 0 Å². The molecule has 1 aromatic carbocycles. The highest BCUT2D eigenvalue weighted by atomic mass is 32.2. The number of hydrogen-bond donors (Lipinski definition) is 3. The van der Waals surface area contributed by atoms with E-state index in [0.717, 1.165) is 11.8 Å². The third-order valence-electron chi connectivity index (χ3n) is 2.30. The van der Waals surface area contributed by atoms with Gasteiger partial charge in [-0.2, -0.15) is 0 Å². The van der Waals surface area contributed by atoms with Crippen molar-refractivity contribution in [1.29, 1.82) is 0 Å². The standard InChI is InChI=1S/C10H13N5O2S2/c1-6-13-10(15-14-6)18-8-4-3-7(11)5-9(8)19(16,17)12-2/h3-5,12H,11H2,1-2H3,(H,13,14,15). The lowest BCUT2D eigenvalue weighted by atomic mass is 10.3. The van der Waals surface area contributed by atoms with Crippen molar-refractivity contribution >= 4 is 27.5 Å². The second-order valence-electron chi connectivity index (χ2n) is 3.72. The first-order valence-corrected chi connectivity index (χ1v) is 7.62. The molecule has 0 bridgehead atoms. The van der Waals surface area contributed by atoms with E-state index in [1.807, 2.05) is 0 Å². The molecule has 0 amide bonds. The maximum absolute atomic E-state index is 11.9. The molecular weight excluding hydrogens is 286 g/mol. The molecule has 102 valence electrons. The number of nitrogens with two attached hydrogens (primary N) is 1. The number of hydrogen-bond acceptors (Lipinski definition) is 6. The number of nitrogens with zero attached hydrogens (tertiary/aromatic N) is 2. The Hall–Kier alpha value is -1.58. The minimum Gasteiger partial charge on any atom is -0.399 e. The Bertz CT molecular complexity index is 696. The number of benzene rings is 1. The van der Waals surface area contributed by atoms with Gasteiger partial charge in [-0.3, -0.25) is 5.10 Å². The smallest absolute Gasteiger partial charge is 0.241 e. The van der Waals surface area contributed by atoms with Crippen LogP contribution in [0.25, 0.3) is 0 Å². The number of rotatable bonds is 4. The van der Waals surface area contributed by atoms with E-state index in [1.165, 1.54) is 13.1 Å². The number of aromatic nitrogens is 3. The highest BCUT2D eigenvalue weighted by Gasteiger charge is 2.19. The van der Waals surface area contributed by atoms with E-state index in [4.69, 9.17) is 5.73 Å². The minimum atomic E-state index is -3.58. The molecular formula is C10H13N5O2S2. The highest BCUT2D eigenvalue weighted by molar-refractivity contribution is 8.00. The molecule has 0 aliphatic heterocycles. The van der Waals surface area contributed by atoms with Crippen LogP contribution in [0.1, 0.15) is 5.82 Å². The van der Waals surface area contributed by atoms with Crippen LogP contribution < -0.4 is 10.5 Å². The van der Waals surface area contributed by atoms with Gasteiger partial charge in [-0.05, 0) is 43.9 Å². The van der Waals surface area contributed by atoms with E-state index in [0.29, 0.717) is 21.6 Å². The van der Waals surface area contributed by atoms with Crippen LogP contribution in [0.5, 0.6) is 0 Å². The van der Waals surface area contributed by atoms with Crippen LogP contribution in [0, 0.1) is 6.92 Å². The van der Waals surface area contributed by atoms with Crippen LogP contribution in [0.15, 0.2) is 33.1 Å². The number of anilines is 1. The molecule has 0 aliphatic rings. The van der Waals surface area contributed by atoms with Gasteiger partial charge in [0.2, 0.25) is 15.2 Å². The second-order valence-corrected chi connectivity index (χ2v) is 6.58. The number of aromatic amines is 1. The first-order chi connectivity index (χ1) is 8.92.